The summed E-state index contributed by atoms with van der Waals surface area (Å²) in [5, 5.41) is 1.03. The summed E-state index contributed by atoms with van der Waals surface area (Å²) in [7, 11) is 0. The van der Waals surface area contributed by atoms with Gasteiger partial charge in [-0.2, -0.15) is 0 Å². The van der Waals surface area contributed by atoms with Crippen molar-refractivity contribution in [1.82, 2.24) is 4.98 Å². The van der Waals surface area contributed by atoms with Gasteiger partial charge in [0.25, 0.3) is 0 Å². The van der Waals surface area contributed by atoms with Crippen LogP contribution in [0.15, 0.2) is 54.7 Å². The Kier molecular flexibility index (Phi) is 3.54. The summed E-state index contributed by atoms with van der Waals surface area (Å²) in [6.45, 7) is 1.99. The fraction of sp³-hybridized carbons (Fsp3) is 0.0588. The van der Waals surface area contributed by atoms with Crippen LogP contribution in [0, 0.1) is 6.92 Å². The van der Waals surface area contributed by atoms with Crippen LogP contribution in [0.25, 0.3) is 10.9 Å². The predicted octanol–water partition coefficient (Wildman–Crippen LogP) is 3.97. The minimum absolute atomic E-state index is 0.322. The van der Waals surface area contributed by atoms with Gasteiger partial charge in [-0.15, -0.1) is 0 Å². The Morgan fingerprint density at radius 3 is 2.76 bits per heavy atom. The van der Waals surface area contributed by atoms with E-state index in [0.29, 0.717) is 16.5 Å². The molecule has 0 fully saturated rings. The van der Waals surface area contributed by atoms with Gasteiger partial charge >= 0.3 is 0 Å². The summed E-state index contributed by atoms with van der Waals surface area (Å²) in [6, 6.07) is 15.6. The molecule has 0 bridgehead atoms. The number of nitrogens with two attached hydrogens (primary N) is 1. The van der Waals surface area contributed by atoms with Crippen LogP contribution in [0.2, 0.25) is 0 Å². The third kappa shape index (κ3) is 2.85. The van der Waals surface area contributed by atoms with Crippen molar-refractivity contribution >= 4 is 28.1 Å². The van der Waals surface area contributed by atoms with Crippen molar-refractivity contribution < 1.29 is 4.74 Å². The van der Waals surface area contributed by atoms with Crippen LogP contribution in [0.3, 0.4) is 0 Å². The molecule has 0 amide bonds. The average molecular weight is 294 g/mol. The van der Waals surface area contributed by atoms with Crippen LogP contribution in [0.1, 0.15) is 11.1 Å². The normalized spacial score (nSPS) is 10.5. The predicted molar refractivity (Wildman–Crippen MR) is 88.9 cm³/mol. The van der Waals surface area contributed by atoms with Crippen LogP contribution >= 0.6 is 12.2 Å². The van der Waals surface area contributed by atoms with E-state index in [-0.39, 0.29) is 0 Å². The maximum atomic E-state index is 5.90. The summed E-state index contributed by atoms with van der Waals surface area (Å²) in [4.78, 5) is 4.70. The van der Waals surface area contributed by atoms with Crippen molar-refractivity contribution in [3.63, 3.8) is 0 Å². The molecule has 21 heavy (non-hydrogen) atoms. The number of hydrogen-bond acceptors (Lipinski definition) is 3. The smallest absolute Gasteiger partial charge is 0.146 e. The highest BCUT2D eigenvalue weighted by Crippen LogP contribution is 2.27. The molecule has 1 aromatic heterocycles. The molecule has 0 unspecified atom stereocenters. The highest BCUT2D eigenvalue weighted by Gasteiger charge is 2.08. The third-order valence-electron chi connectivity index (χ3n) is 3.19. The lowest BCUT2D eigenvalue weighted by Gasteiger charge is -2.11. The van der Waals surface area contributed by atoms with Gasteiger partial charge < -0.3 is 10.5 Å². The van der Waals surface area contributed by atoms with Crippen LogP contribution in [0.5, 0.6) is 11.5 Å². The van der Waals surface area contributed by atoms with Crippen LogP contribution in [-0.4, -0.2) is 9.97 Å². The molecule has 3 rings (SSSR count). The number of para-hydroxylation sites is 1. The Morgan fingerprint density at radius 2 is 1.95 bits per heavy atom. The SMILES string of the molecule is Cc1ccc(Oc2cnc3ccccc3c2)c(C(N)=S)c1. The molecule has 4 heteroatoms. The molecule has 104 valence electrons. The van der Waals surface area contributed by atoms with E-state index < -0.39 is 0 Å². The van der Waals surface area contributed by atoms with Crippen LogP contribution in [0.4, 0.5) is 0 Å². The molecule has 0 saturated carbocycles. The molecule has 3 aromatic rings. The first-order chi connectivity index (χ1) is 10.1. The van der Waals surface area contributed by atoms with Gasteiger partial charge in [0, 0.05) is 5.39 Å². The highest BCUT2D eigenvalue weighted by molar-refractivity contribution is 7.80. The lowest BCUT2D eigenvalue weighted by Crippen LogP contribution is -2.11. The van der Waals surface area contributed by atoms with Gasteiger partial charge in [-0.1, -0.05) is 42.0 Å². The first kappa shape index (κ1) is 13.5. The number of rotatable bonds is 3. The number of pyridine rings is 1. The number of benzene rings is 2. The number of thiocarbonyl (C=S) groups is 1. The minimum atomic E-state index is 0.322. The maximum absolute atomic E-state index is 5.90. The van der Waals surface area contributed by atoms with Gasteiger partial charge in [0.2, 0.25) is 0 Å². The van der Waals surface area contributed by atoms with E-state index >= 15 is 0 Å². The van der Waals surface area contributed by atoms with Crippen molar-refractivity contribution in [2.75, 3.05) is 0 Å². The monoisotopic (exact) mass is 294 g/mol. The zero-order chi connectivity index (χ0) is 14.8. The fourth-order valence-electron chi connectivity index (χ4n) is 2.16. The summed E-state index contributed by atoms with van der Waals surface area (Å²) in [6.07, 6.45) is 1.70. The van der Waals surface area contributed by atoms with Crippen molar-refractivity contribution in [3.8, 4) is 11.5 Å². The van der Waals surface area contributed by atoms with Crippen LogP contribution in [-0.2, 0) is 0 Å². The molecule has 1 heterocycles. The molecule has 0 radical (unpaired) electrons. The third-order valence-corrected chi connectivity index (χ3v) is 3.41. The van der Waals surface area contributed by atoms with E-state index in [1.54, 1.807) is 6.20 Å². The summed E-state index contributed by atoms with van der Waals surface area (Å²) in [5.41, 5.74) is 8.52. The fourth-order valence-corrected chi connectivity index (χ4v) is 2.32. The number of aromatic nitrogens is 1. The Bertz CT molecular complexity index is 830. The van der Waals surface area contributed by atoms with Gasteiger partial charge in [0.15, 0.2) is 0 Å². The molecule has 0 aliphatic carbocycles. The minimum Gasteiger partial charge on any atom is -0.455 e. The molecule has 2 aromatic carbocycles. The first-order valence-corrected chi connectivity index (χ1v) is 6.97. The number of hydrogen-bond donors (Lipinski definition) is 1. The van der Waals surface area contributed by atoms with E-state index in [2.05, 4.69) is 4.98 Å². The lowest BCUT2D eigenvalue weighted by atomic mass is 10.1. The largest absolute Gasteiger partial charge is 0.455 e. The van der Waals surface area contributed by atoms with Gasteiger partial charge in [0.05, 0.1) is 17.3 Å². The van der Waals surface area contributed by atoms with Gasteiger partial charge in [-0.3, -0.25) is 4.98 Å². The van der Waals surface area contributed by atoms with Crippen molar-refractivity contribution in [3.05, 3.63) is 65.9 Å². The molecule has 2 N–H and O–H groups in total. The lowest BCUT2D eigenvalue weighted by molar-refractivity contribution is 0.480. The molecule has 0 atom stereocenters. The summed E-state index contributed by atoms with van der Waals surface area (Å²) < 4.78 is 5.90. The molecule has 3 nitrogen and oxygen atoms in total. The number of nitrogens with zero attached hydrogens (tertiary/aromatic N) is 1. The molecule has 0 aliphatic rings. The molecular formula is C17H14N2OS. The Labute approximate surface area is 128 Å². The number of fused-ring (bicyclic) bond motifs is 1. The first-order valence-electron chi connectivity index (χ1n) is 6.56. The van der Waals surface area contributed by atoms with Crippen molar-refractivity contribution in [1.29, 1.82) is 0 Å². The van der Waals surface area contributed by atoms with Crippen molar-refractivity contribution in [2.45, 2.75) is 6.92 Å². The Morgan fingerprint density at radius 1 is 1.14 bits per heavy atom. The number of ether oxygens (including phenoxy) is 1. The highest BCUT2D eigenvalue weighted by atomic mass is 32.1. The molecule has 0 spiro atoms. The molecule has 0 saturated heterocycles. The van der Waals surface area contributed by atoms with E-state index in [1.807, 2.05) is 55.5 Å². The van der Waals surface area contributed by atoms with Crippen molar-refractivity contribution in [2.24, 2.45) is 5.73 Å². The van der Waals surface area contributed by atoms with Gasteiger partial charge in [-0.05, 0) is 31.2 Å². The second kappa shape index (κ2) is 5.50. The average Bonchev–Trinajstić information content (AvgIpc) is 2.49. The Hall–Kier alpha value is -2.46. The maximum Gasteiger partial charge on any atom is 0.146 e. The van der Waals surface area contributed by atoms with Crippen LogP contribution < -0.4 is 10.5 Å². The zero-order valence-corrected chi connectivity index (χ0v) is 12.4. The number of aryl methyl sites for hydroxylation is 1. The summed E-state index contributed by atoms with van der Waals surface area (Å²) >= 11 is 5.08. The molecular weight excluding hydrogens is 280 g/mol. The topological polar surface area (TPSA) is 48.1 Å². The van der Waals surface area contributed by atoms with Gasteiger partial charge in [-0.25, -0.2) is 0 Å². The summed E-state index contributed by atoms with van der Waals surface area (Å²) in [5.74, 6) is 1.31. The molecule has 0 aliphatic heterocycles. The van der Waals surface area contributed by atoms with E-state index in [4.69, 9.17) is 22.7 Å². The second-order valence-corrected chi connectivity index (χ2v) is 5.27. The quantitative estimate of drug-likeness (QED) is 0.743. The van der Waals surface area contributed by atoms with E-state index in [9.17, 15) is 0 Å². The standard InChI is InChI=1S/C17H14N2OS/c1-11-6-7-16(14(8-11)17(18)21)20-13-9-12-4-2-3-5-15(12)19-10-13/h2-10H,1H3,(H2,18,21). The Balaban J connectivity index is 2.00. The van der Waals surface area contributed by atoms with E-state index in [0.717, 1.165) is 22.0 Å². The zero-order valence-electron chi connectivity index (χ0n) is 11.5. The van der Waals surface area contributed by atoms with Gasteiger partial charge in [0.1, 0.15) is 16.5 Å². The van der Waals surface area contributed by atoms with E-state index in [1.165, 1.54) is 0 Å². The second-order valence-electron chi connectivity index (χ2n) is 4.83.